The fraction of sp³-hybridized carbons (Fsp3) is 0.933. The molecule has 19 heavy (non-hydrogen) atoms. The lowest BCUT2D eigenvalue weighted by molar-refractivity contribution is -0.135. The van der Waals surface area contributed by atoms with Crippen molar-refractivity contribution in [2.75, 3.05) is 20.3 Å². The van der Waals surface area contributed by atoms with Gasteiger partial charge in [-0.2, -0.15) is 0 Å². The third-order valence-electron chi connectivity index (χ3n) is 4.33. The average Bonchev–Trinajstić information content (AvgIpc) is 2.39. The largest absolute Gasteiger partial charge is 0.383 e. The second-order valence-corrected chi connectivity index (χ2v) is 5.94. The molecule has 0 aromatic heterocycles. The topological polar surface area (TPSA) is 55.6 Å². The minimum absolute atomic E-state index is 0.191. The van der Waals surface area contributed by atoms with Gasteiger partial charge in [0, 0.05) is 31.7 Å². The molecule has 1 amide bonds. The van der Waals surface area contributed by atoms with Gasteiger partial charge in [-0.3, -0.25) is 4.79 Å². The van der Waals surface area contributed by atoms with Gasteiger partial charge in [0.05, 0.1) is 6.61 Å². The molecule has 0 aliphatic heterocycles. The number of methoxy groups -OCH3 is 1. The van der Waals surface area contributed by atoms with Crippen molar-refractivity contribution in [1.29, 1.82) is 0 Å². The molecule has 4 heteroatoms. The van der Waals surface area contributed by atoms with Crippen LogP contribution >= 0.6 is 0 Å². The summed E-state index contributed by atoms with van der Waals surface area (Å²) in [5, 5.41) is 0. The summed E-state index contributed by atoms with van der Waals surface area (Å²) in [7, 11) is 1.67. The van der Waals surface area contributed by atoms with Gasteiger partial charge in [-0.05, 0) is 26.2 Å². The Morgan fingerprint density at radius 2 is 2.00 bits per heavy atom. The lowest BCUT2D eigenvalue weighted by Crippen LogP contribution is -2.49. The number of hydrogen-bond donors (Lipinski definition) is 1. The number of carbonyl (C=O) groups excluding carboxylic acids is 1. The molecular formula is C15H30N2O2. The zero-order valence-electron chi connectivity index (χ0n) is 12.8. The number of hydrogen-bond acceptors (Lipinski definition) is 3. The van der Waals surface area contributed by atoms with Gasteiger partial charge in [0.1, 0.15) is 0 Å². The van der Waals surface area contributed by atoms with Crippen LogP contribution in [-0.2, 0) is 9.53 Å². The number of nitrogens with zero attached hydrogens (tertiary/aromatic N) is 1. The Morgan fingerprint density at radius 1 is 1.37 bits per heavy atom. The summed E-state index contributed by atoms with van der Waals surface area (Å²) in [5.41, 5.74) is 6.12. The molecule has 1 atom stereocenters. The highest BCUT2D eigenvalue weighted by atomic mass is 16.5. The first kappa shape index (κ1) is 16.4. The third kappa shape index (κ3) is 5.11. The summed E-state index contributed by atoms with van der Waals surface area (Å²) >= 11 is 0. The number of carbonyl (C=O) groups is 1. The van der Waals surface area contributed by atoms with Crippen molar-refractivity contribution in [2.24, 2.45) is 5.73 Å². The van der Waals surface area contributed by atoms with Crippen LogP contribution in [0.5, 0.6) is 0 Å². The molecular weight excluding hydrogens is 240 g/mol. The Morgan fingerprint density at radius 3 is 2.53 bits per heavy atom. The molecule has 0 aromatic carbocycles. The van der Waals surface area contributed by atoms with E-state index in [9.17, 15) is 4.79 Å². The predicted octanol–water partition coefficient (Wildman–Crippen LogP) is 2.31. The van der Waals surface area contributed by atoms with Crippen molar-refractivity contribution in [2.45, 2.75) is 70.4 Å². The Labute approximate surface area is 117 Å². The fourth-order valence-electron chi connectivity index (χ4n) is 2.84. The van der Waals surface area contributed by atoms with E-state index >= 15 is 0 Å². The van der Waals surface area contributed by atoms with E-state index in [-0.39, 0.29) is 17.5 Å². The summed E-state index contributed by atoms with van der Waals surface area (Å²) < 4.78 is 5.11. The molecule has 1 aliphatic carbocycles. The molecule has 1 unspecified atom stereocenters. The molecule has 1 rings (SSSR count). The van der Waals surface area contributed by atoms with Gasteiger partial charge in [-0.25, -0.2) is 0 Å². The highest BCUT2D eigenvalue weighted by Gasteiger charge is 2.32. The van der Waals surface area contributed by atoms with Crippen molar-refractivity contribution in [3.8, 4) is 0 Å². The van der Waals surface area contributed by atoms with Gasteiger partial charge in [-0.1, -0.05) is 26.2 Å². The van der Waals surface area contributed by atoms with E-state index < -0.39 is 0 Å². The van der Waals surface area contributed by atoms with E-state index in [1.807, 2.05) is 4.90 Å². The van der Waals surface area contributed by atoms with Crippen molar-refractivity contribution in [1.82, 2.24) is 4.90 Å². The third-order valence-corrected chi connectivity index (χ3v) is 4.33. The maximum Gasteiger partial charge on any atom is 0.224 e. The molecule has 0 heterocycles. The minimum atomic E-state index is -0.270. The summed E-state index contributed by atoms with van der Waals surface area (Å²) in [6.45, 7) is 5.46. The molecule has 0 spiro atoms. The van der Waals surface area contributed by atoms with E-state index in [2.05, 4.69) is 13.8 Å². The number of nitrogens with two attached hydrogens (primary N) is 1. The SMILES string of the molecule is CCC(C)N(CCOC)C(=O)CC1(N)CCCCC1. The zero-order valence-corrected chi connectivity index (χ0v) is 12.8. The zero-order chi connectivity index (χ0) is 14.3. The van der Waals surface area contributed by atoms with Crippen LogP contribution < -0.4 is 5.73 Å². The second kappa shape index (κ2) is 7.85. The van der Waals surface area contributed by atoms with Crippen LogP contribution in [0.25, 0.3) is 0 Å². The van der Waals surface area contributed by atoms with Crippen LogP contribution in [0.3, 0.4) is 0 Å². The van der Waals surface area contributed by atoms with Gasteiger partial charge in [0.15, 0.2) is 0 Å². The maximum atomic E-state index is 12.5. The Bertz CT molecular complexity index is 275. The van der Waals surface area contributed by atoms with Crippen LogP contribution in [0.1, 0.15) is 58.8 Å². The minimum Gasteiger partial charge on any atom is -0.383 e. The van der Waals surface area contributed by atoms with Crippen molar-refractivity contribution in [3.05, 3.63) is 0 Å². The molecule has 0 bridgehead atoms. The van der Waals surface area contributed by atoms with Crippen molar-refractivity contribution >= 4 is 5.91 Å². The van der Waals surface area contributed by atoms with Crippen LogP contribution in [0.4, 0.5) is 0 Å². The molecule has 0 radical (unpaired) electrons. The lowest BCUT2D eigenvalue weighted by atomic mass is 9.80. The quantitative estimate of drug-likeness (QED) is 0.772. The first-order chi connectivity index (χ1) is 9.02. The fourth-order valence-corrected chi connectivity index (χ4v) is 2.84. The van der Waals surface area contributed by atoms with Crippen LogP contribution in [0, 0.1) is 0 Å². The summed E-state index contributed by atoms with van der Waals surface area (Å²) in [5.74, 6) is 0.191. The predicted molar refractivity (Wildman–Crippen MR) is 78.0 cm³/mol. The summed E-state index contributed by atoms with van der Waals surface area (Å²) in [6.07, 6.45) is 6.99. The average molecular weight is 270 g/mol. The molecule has 4 nitrogen and oxygen atoms in total. The Kier molecular flexibility index (Phi) is 6.80. The van der Waals surface area contributed by atoms with Crippen LogP contribution in [0.2, 0.25) is 0 Å². The first-order valence-corrected chi connectivity index (χ1v) is 7.59. The van der Waals surface area contributed by atoms with Crippen LogP contribution in [0.15, 0.2) is 0 Å². The normalized spacial score (nSPS) is 20.0. The first-order valence-electron chi connectivity index (χ1n) is 7.59. The van der Waals surface area contributed by atoms with Gasteiger partial charge in [-0.15, -0.1) is 0 Å². The number of rotatable bonds is 7. The summed E-state index contributed by atoms with van der Waals surface area (Å²) in [4.78, 5) is 14.5. The van der Waals surface area contributed by atoms with Gasteiger partial charge in [0.25, 0.3) is 0 Å². The van der Waals surface area contributed by atoms with Crippen LogP contribution in [-0.4, -0.2) is 42.6 Å². The van der Waals surface area contributed by atoms with Gasteiger partial charge in [0.2, 0.25) is 5.91 Å². The number of ether oxygens (including phenoxy) is 1. The van der Waals surface area contributed by atoms with Crippen molar-refractivity contribution < 1.29 is 9.53 Å². The molecule has 0 aromatic rings. The van der Waals surface area contributed by atoms with Gasteiger partial charge < -0.3 is 15.4 Å². The monoisotopic (exact) mass is 270 g/mol. The van der Waals surface area contributed by atoms with Gasteiger partial charge >= 0.3 is 0 Å². The Hall–Kier alpha value is -0.610. The van der Waals surface area contributed by atoms with E-state index in [0.29, 0.717) is 19.6 Å². The van der Waals surface area contributed by atoms with E-state index in [1.54, 1.807) is 7.11 Å². The summed E-state index contributed by atoms with van der Waals surface area (Å²) in [6, 6.07) is 0.259. The molecule has 112 valence electrons. The lowest BCUT2D eigenvalue weighted by Gasteiger charge is -2.36. The van der Waals surface area contributed by atoms with E-state index in [1.165, 1.54) is 6.42 Å². The second-order valence-electron chi connectivity index (χ2n) is 5.94. The molecule has 0 saturated heterocycles. The molecule has 2 N–H and O–H groups in total. The van der Waals surface area contributed by atoms with E-state index in [0.717, 1.165) is 32.1 Å². The van der Waals surface area contributed by atoms with Crippen molar-refractivity contribution in [3.63, 3.8) is 0 Å². The maximum absolute atomic E-state index is 12.5. The Balaban J connectivity index is 2.59. The highest BCUT2D eigenvalue weighted by molar-refractivity contribution is 5.77. The van der Waals surface area contributed by atoms with E-state index in [4.69, 9.17) is 10.5 Å². The number of amides is 1. The smallest absolute Gasteiger partial charge is 0.224 e. The molecule has 1 aliphatic rings. The molecule has 1 saturated carbocycles. The molecule has 1 fully saturated rings. The standard InChI is InChI=1S/C15H30N2O2/c1-4-13(2)17(10-11-19-3)14(18)12-15(16)8-6-5-7-9-15/h13H,4-12,16H2,1-3H3. The highest BCUT2D eigenvalue weighted by Crippen LogP contribution is 2.29.